The van der Waals surface area contributed by atoms with Crippen molar-refractivity contribution in [2.45, 2.75) is 44.9 Å². The molecule has 0 unspecified atom stereocenters. The fourth-order valence-corrected chi connectivity index (χ4v) is 3.85. The SMILES string of the molecule is CC(C)c1cnn2c(NCc3ccccc3)cc(N[C@@H]3CN(Cl)CC[C@H]3O)nc12. The summed E-state index contributed by atoms with van der Waals surface area (Å²) in [5, 5.41) is 21.8. The van der Waals surface area contributed by atoms with Crippen LogP contribution >= 0.6 is 11.8 Å². The summed E-state index contributed by atoms with van der Waals surface area (Å²) in [5.41, 5.74) is 3.08. The number of hydrogen-bond acceptors (Lipinski definition) is 6. The number of rotatable bonds is 6. The van der Waals surface area contributed by atoms with Gasteiger partial charge in [-0.2, -0.15) is 9.61 Å². The molecule has 0 bridgehead atoms. The van der Waals surface area contributed by atoms with Crippen LogP contribution in [0.1, 0.15) is 37.3 Å². The van der Waals surface area contributed by atoms with Crippen molar-refractivity contribution in [2.24, 2.45) is 0 Å². The van der Waals surface area contributed by atoms with Gasteiger partial charge in [-0.3, -0.25) is 0 Å². The quantitative estimate of drug-likeness (QED) is 0.536. The van der Waals surface area contributed by atoms with Crippen LogP contribution in [0.4, 0.5) is 11.6 Å². The highest BCUT2D eigenvalue weighted by atomic mass is 35.5. The van der Waals surface area contributed by atoms with E-state index in [1.165, 1.54) is 5.56 Å². The standard InChI is InChI=1S/C21H27ClN6O/c1-14(2)16-12-24-28-20(23-11-15-6-4-3-5-7-15)10-19(26-21(16)28)25-17-13-27(22)9-8-18(17)29/h3-7,10,12,14,17-18,23,29H,8-9,11,13H2,1-2H3,(H,25,26)/t17-,18-/m1/s1. The highest BCUT2D eigenvalue weighted by molar-refractivity contribution is 6.13. The molecule has 1 aromatic carbocycles. The zero-order valence-electron chi connectivity index (χ0n) is 16.7. The van der Waals surface area contributed by atoms with E-state index in [-0.39, 0.29) is 6.04 Å². The van der Waals surface area contributed by atoms with Gasteiger partial charge in [-0.25, -0.2) is 9.40 Å². The van der Waals surface area contributed by atoms with Crippen molar-refractivity contribution in [1.82, 2.24) is 19.0 Å². The van der Waals surface area contributed by atoms with Crippen LogP contribution in [0.25, 0.3) is 5.65 Å². The van der Waals surface area contributed by atoms with Gasteiger partial charge in [-0.15, -0.1) is 0 Å². The minimum Gasteiger partial charge on any atom is -0.391 e. The Kier molecular flexibility index (Phi) is 5.89. The molecule has 0 spiro atoms. The molecule has 2 atom stereocenters. The smallest absolute Gasteiger partial charge is 0.163 e. The number of anilines is 2. The van der Waals surface area contributed by atoms with Gasteiger partial charge in [0.2, 0.25) is 0 Å². The van der Waals surface area contributed by atoms with Gasteiger partial charge in [0.25, 0.3) is 0 Å². The van der Waals surface area contributed by atoms with E-state index in [4.69, 9.17) is 16.8 Å². The summed E-state index contributed by atoms with van der Waals surface area (Å²) < 4.78 is 3.55. The first-order chi connectivity index (χ1) is 14.0. The van der Waals surface area contributed by atoms with Crippen LogP contribution in [-0.4, -0.2) is 49.4 Å². The van der Waals surface area contributed by atoms with Crippen molar-refractivity contribution in [3.63, 3.8) is 0 Å². The fourth-order valence-electron chi connectivity index (χ4n) is 3.61. The van der Waals surface area contributed by atoms with Gasteiger partial charge < -0.3 is 15.7 Å². The van der Waals surface area contributed by atoms with Gasteiger partial charge in [-0.05, 0) is 29.7 Å². The third-order valence-corrected chi connectivity index (χ3v) is 5.60. The Morgan fingerprint density at radius 1 is 1.28 bits per heavy atom. The lowest BCUT2D eigenvalue weighted by atomic mass is 10.0. The van der Waals surface area contributed by atoms with Gasteiger partial charge in [0.15, 0.2) is 5.65 Å². The molecule has 0 aliphatic carbocycles. The van der Waals surface area contributed by atoms with Gasteiger partial charge >= 0.3 is 0 Å². The molecule has 2 aromatic heterocycles. The Balaban J connectivity index is 1.65. The molecule has 29 heavy (non-hydrogen) atoms. The summed E-state index contributed by atoms with van der Waals surface area (Å²) in [6, 6.07) is 12.0. The number of aliphatic hydroxyl groups is 1. The molecule has 3 aromatic rings. The molecule has 7 nitrogen and oxygen atoms in total. The average molecular weight is 415 g/mol. The van der Waals surface area contributed by atoms with Crippen molar-refractivity contribution in [2.75, 3.05) is 23.7 Å². The molecule has 1 saturated heterocycles. The zero-order chi connectivity index (χ0) is 20.4. The first kappa shape index (κ1) is 19.9. The molecule has 3 heterocycles. The molecular formula is C21H27ClN6O. The first-order valence-corrected chi connectivity index (χ1v) is 10.4. The molecule has 4 rings (SSSR count). The summed E-state index contributed by atoms with van der Waals surface area (Å²) >= 11 is 6.17. The van der Waals surface area contributed by atoms with Crippen LogP contribution in [0, 0.1) is 0 Å². The highest BCUT2D eigenvalue weighted by Gasteiger charge is 2.27. The lowest BCUT2D eigenvalue weighted by Gasteiger charge is -2.33. The summed E-state index contributed by atoms with van der Waals surface area (Å²) in [7, 11) is 0. The van der Waals surface area contributed by atoms with E-state index < -0.39 is 6.10 Å². The van der Waals surface area contributed by atoms with Crippen LogP contribution < -0.4 is 10.6 Å². The lowest BCUT2D eigenvalue weighted by molar-refractivity contribution is 0.0999. The Hall–Kier alpha value is -2.35. The van der Waals surface area contributed by atoms with Gasteiger partial charge in [0, 0.05) is 31.3 Å². The molecule has 1 fully saturated rings. The monoisotopic (exact) mass is 414 g/mol. The maximum absolute atomic E-state index is 10.4. The van der Waals surface area contributed by atoms with E-state index in [1.54, 1.807) is 4.42 Å². The summed E-state index contributed by atoms with van der Waals surface area (Å²) in [4.78, 5) is 4.80. The second-order valence-electron chi connectivity index (χ2n) is 7.83. The maximum Gasteiger partial charge on any atom is 0.163 e. The number of nitrogens with one attached hydrogen (secondary N) is 2. The number of nitrogens with zero attached hydrogens (tertiary/aromatic N) is 4. The zero-order valence-corrected chi connectivity index (χ0v) is 17.5. The van der Waals surface area contributed by atoms with E-state index in [9.17, 15) is 5.11 Å². The maximum atomic E-state index is 10.4. The van der Waals surface area contributed by atoms with E-state index in [0.717, 1.165) is 17.0 Å². The first-order valence-electron chi connectivity index (χ1n) is 10.0. The second-order valence-corrected chi connectivity index (χ2v) is 8.31. The molecule has 0 amide bonds. The Morgan fingerprint density at radius 3 is 2.83 bits per heavy atom. The van der Waals surface area contributed by atoms with E-state index in [2.05, 4.69) is 41.7 Å². The number of aliphatic hydroxyl groups excluding tert-OH is 1. The van der Waals surface area contributed by atoms with Crippen molar-refractivity contribution in [1.29, 1.82) is 0 Å². The Bertz CT molecular complexity index is 960. The fraction of sp³-hybridized carbons (Fsp3) is 0.429. The molecule has 1 aliphatic rings. The normalized spacial score (nSPS) is 20.3. The molecule has 3 N–H and O–H groups in total. The number of fused-ring (bicyclic) bond motifs is 1. The molecular weight excluding hydrogens is 388 g/mol. The Morgan fingerprint density at radius 2 is 2.07 bits per heavy atom. The second kappa shape index (κ2) is 8.57. The molecule has 1 aliphatic heterocycles. The molecule has 8 heteroatoms. The third-order valence-electron chi connectivity index (χ3n) is 5.30. The van der Waals surface area contributed by atoms with E-state index in [0.29, 0.717) is 37.8 Å². The number of halogens is 1. The van der Waals surface area contributed by atoms with E-state index in [1.807, 2.05) is 35.0 Å². The topological polar surface area (TPSA) is 77.7 Å². The van der Waals surface area contributed by atoms with Crippen LogP contribution in [0.2, 0.25) is 0 Å². The van der Waals surface area contributed by atoms with Crippen LogP contribution in [0.5, 0.6) is 0 Å². The predicted molar refractivity (Wildman–Crippen MR) is 116 cm³/mol. The molecule has 154 valence electrons. The van der Waals surface area contributed by atoms with Crippen LogP contribution in [0.3, 0.4) is 0 Å². The Labute approximate surface area is 175 Å². The van der Waals surface area contributed by atoms with E-state index >= 15 is 0 Å². The van der Waals surface area contributed by atoms with Crippen LogP contribution in [0.15, 0.2) is 42.6 Å². The van der Waals surface area contributed by atoms with Gasteiger partial charge in [0.1, 0.15) is 11.6 Å². The lowest BCUT2D eigenvalue weighted by Crippen LogP contribution is -2.47. The van der Waals surface area contributed by atoms with Crippen molar-refractivity contribution in [3.05, 3.63) is 53.7 Å². The minimum atomic E-state index is -0.460. The number of hydrogen-bond donors (Lipinski definition) is 3. The number of piperidine rings is 1. The predicted octanol–water partition coefficient (Wildman–Crippen LogP) is 3.47. The summed E-state index contributed by atoms with van der Waals surface area (Å²) in [6.07, 6.45) is 2.05. The van der Waals surface area contributed by atoms with Crippen molar-refractivity contribution >= 4 is 29.1 Å². The van der Waals surface area contributed by atoms with Crippen molar-refractivity contribution < 1.29 is 5.11 Å². The van der Waals surface area contributed by atoms with Gasteiger partial charge in [0.05, 0.1) is 18.3 Å². The largest absolute Gasteiger partial charge is 0.391 e. The third kappa shape index (κ3) is 4.47. The summed E-state index contributed by atoms with van der Waals surface area (Å²) in [5.74, 6) is 1.85. The van der Waals surface area contributed by atoms with Crippen molar-refractivity contribution in [3.8, 4) is 0 Å². The molecule has 0 radical (unpaired) electrons. The minimum absolute atomic E-state index is 0.177. The highest BCUT2D eigenvalue weighted by Crippen LogP contribution is 2.25. The summed E-state index contributed by atoms with van der Waals surface area (Å²) in [6.45, 7) is 6.17. The molecule has 0 saturated carbocycles. The van der Waals surface area contributed by atoms with Gasteiger partial charge in [-0.1, -0.05) is 44.2 Å². The van der Waals surface area contributed by atoms with Crippen LogP contribution in [-0.2, 0) is 6.54 Å². The average Bonchev–Trinajstić information content (AvgIpc) is 3.14. The number of aromatic nitrogens is 3. The number of benzene rings is 1.